The van der Waals surface area contributed by atoms with Crippen LogP contribution in [0.25, 0.3) is 0 Å². The van der Waals surface area contributed by atoms with Crippen LogP contribution in [0.5, 0.6) is 0 Å². The molecule has 4 heteroatoms. The summed E-state index contributed by atoms with van der Waals surface area (Å²) in [5.41, 5.74) is 0.0296. The molecular weight excluding hydrogens is 228 g/mol. The van der Waals surface area contributed by atoms with E-state index in [0.29, 0.717) is 18.1 Å². The van der Waals surface area contributed by atoms with Crippen LogP contribution in [0.4, 0.5) is 0 Å². The van der Waals surface area contributed by atoms with Gasteiger partial charge in [0.2, 0.25) is 0 Å². The second kappa shape index (κ2) is 6.33. The summed E-state index contributed by atoms with van der Waals surface area (Å²) in [6, 6.07) is 1.63. The lowest BCUT2D eigenvalue weighted by Gasteiger charge is -2.38. The Labute approximate surface area is 111 Å². The summed E-state index contributed by atoms with van der Waals surface area (Å²) in [7, 11) is 0. The third-order valence-electron chi connectivity index (χ3n) is 3.85. The van der Waals surface area contributed by atoms with Crippen molar-refractivity contribution in [2.45, 2.75) is 63.8 Å². The summed E-state index contributed by atoms with van der Waals surface area (Å²) in [5.74, 6) is 0. The highest BCUT2D eigenvalue weighted by Gasteiger charge is 2.29. The van der Waals surface area contributed by atoms with Crippen LogP contribution in [0.15, 0.2) is 0 Å². The summed E-state index contributed by atoms with van der Waals surface area (Å²) in [4.78, 5) is 0. The number of rotatable bonds is 4. The normalized spacial score (nSPS) is 34.2. The summed E-state index contributed by atoms with van der Waals surface area (Å²) in [6.07, 6.45) is 3.37. The van der Waals surface area contributed by atoms with Gasteiger partial charge in [-0.1, -0.05) is 0 Å². The van der Waals surface area contributed by atoms with Crippen molar-refractivity contribution >= 4 is 0 Å². The number of hydrogen-bond donors (Lipinski definition) is 2. The van der Waals surface area contributed by atoms with Crippen molar-refractivity contribution in [2.24, 2.45) is 0 Å². The highest BCUT2D eigenvalue weighted by Crippen LogP contribution is 2.24. The predicted molar refractivity (Wildman–Crippen MR) is 72.9 cm³/mol. The Morgan fingerprint density at radius 3 is 2.89 bits per heavy atom. The SMILES string of the molecule is CC(CC1COCCN1)NC1CCOC(C)(C)C1. The smallest absolute Gasteiger partial charge is 0.0641 e. The molecule has 3 atom stereocenters. The maximum absolute atomic E-state index is 5.75. The van der Waals surface area contributed by atoms with E-state index >= 15 is 0 Å². The molecule has 4 nitrogen and oxygen atoms in total. The number of hydrogen-bond acceptors (Lipinski definition) is 4. The van der Waals surface area contributed by atoms with E-state index in [1.54, 1.807) is 0 Å². The van der Waals surface area contributed by atoms with Gasteiger partial charge >= 0.3 is 0 Å². The number of ether oxygens (including phenoxy) is 2. The van der Waals surface area contributed by atoms with Gasteiger partial charge in [-0.15, -0.1) is 0 Å². The molecule has 2 saturated heterocycles. The number of nitrogens with one attached hydrogen (secondary N) is 2. The minimum Gasteiger partial charge on any atom is -0.379 e. The topological polar surface area (TPSA) is 42.5 Å². The maximum atomic E-state index is 5.75. The molecule has 0 radical (unpaired) electrons. The molecule has 2 rings (SSSR count). The first kappa shape index (κ1) is 14.3. The molecule has 0 aromatic rings. The zero-order valence-corrected chi connectivity index (χ0v) is 12.0. The summed E-state index contributed by atoms with van der Waals surface area (Å²) in [6.45, 7) is 10.2. The molecule has 0 amide bonds. The van der Waals surface area contributed by atoms with E-state index in [-0.39, 0.29) is 5.60 Å². The van der Waals surface area contributed by atoms with Gasteiger partial charge in [0.1, 0.15) is 0 Å². The highest BCUT2D eigenvalue weighted by molar-refractivity contribution is 4.85. The fourth-order valence-electron chi connectivity index (χ4n) is 3.04. The van der Waals surface area contributed by atoms with Gasteiger partial charge in [0, 0.05) is 31.3 Å². The molecule has 0 aromatic heterocycles. The Bertz CT molecular complexity index is 252. The quantitative estimate of drug-likeness (QED) is 0.796. The van der Waals surface area contributed by atoms with Gasteiger partial charge < -0.3 is 20.1 Å². The Morgan fingerprint density at radius 2 is 2.22 bits per heavy atom. The highest BCUT2D eigenvalue weighted by atomic mass is 16.5. The van der Waals surface area contributed by atoms with Gasteiger partial charge in [-0.05, 0) is 40.0 Å². The van der Waals surface area contributed by atoms with Crippen LogP contribution < -0.4 is 10.6 Å². The van der Waals surface area contributed by atoms with Crippen LogP contribution in [-0.2, 0) is 9.47 Å². The second-order valence-corrected chi connectivity index (χ2v) is 6.33. The van der Waals surface area contributed by atoms with Crippen LogP contribution in [-0.4, -0.2) is 50.1 Å². The third kappa shape index (κ3) is 4.50. The molecule has 0 spiro atoms. The van der Waals surface area contributed by atoms with Gasteiger partial charge in [-0.2, -0.15) is 0 Å². The minimum absolute atomic E-state index is 0.0296. The van der Waals surface area contributed by atoms with Crippen LogP contribution in [0, 0.1) is 0 Å². The largest absolute Gasteiger partial charge is 0.379 e. The maximum Gasteiger partial charge on any atom is 0.0641 e. The monoisotopic (exact) mass is 256 g/mol. The van der Waals surface area contributed by atoms with E-state index < -0.39 is 0 Å². The standard InChI is InChI=1S/C14H28N2O2/c1-11(8-13-10-17-7-5-15-13)16-12-4-6-18-14(2,3)9-12/h11-13,15-16H,4-10H2,1-3H3. The summed E-state index contributed by atoms with van der Waals surface area (Å²) < 4.78 is 11.3. The Balaban J connectivity index is 1.71. The molecule has 0 aromatic carbocycles. The number of morpholine rings is 1. The first-order valence-electron chi connectivity index (χ1n) is 7.26. The molecule has 0 bridgehead atoms. The zero-order chi connectivity index (χ0) is 13.0. The average molecular weight is 256 g/mol. The fourth-order valence-corrected chi connectivity index (χ4v) is 3.04. The predicted octanol–water partition coefficient (Wildman–Crippen LogP) is 1.30. The van der Waals surface area contributed by atoms with E-state index in [4.69, 9.17) is 9.47 Å². The molecule has 3 unspecified atom stereocenters. The van der Waals surface area contributed by atoms with E-state index in [1.807, 2.05) is 0 Å². The fraction of sp³-hybridized carbons (Fsp3) is 1.00. The van der Waals surface area contributed by atoms with Crippen molar-refractivity contribution in [3.63, 3.8) is 0 Å². The van der Waals surface area contributed by atoms with Gasteiger partial charge in [-0.3, -0.25) is 0 Å². The average Bonchev–Trinajstić information content (AvgIpc) is 2.28. The molecule has 2 aliphatic rings. The molecule has 2 heterocycles. The lowest BCUT2D eigenvalue weighted by atomic mass is 9.93. The summed E-state index contributed by atoms with van der Waals surface area (Å²) >= 11 is 0. The molecule has 106 valence electrons. The van der Waals surface area contributed by atoms with Crippen LogP contribution in [0.1, 0.15) is 40.0 Å². The molecule has 18 heavy (non-hydrogen) atoms. The van der Waals surface area contributed by atoms with E-state index in [0.717, 1.165) is 45.6 Å². The van der Waals surface area contributed by atoms with E-state index in [2.05, 4.69) is 31.4 Å². The van der Waals surface area contributed by atoms with Crippen LogP contribution in [0.3, 0.4) is 0 Å². The Kier molecular flexibility index (Phi) is 5.01. The zero-order valence-electron chi connectivity index (χ0n) is 12.0. The van der Waals surface area contributed by atoms with E-state index in [1.165, 1.54) is 0 Å². The first-order chi connectivity index (χ1) is 8.55. The van der Waals surface area contributed by atoms with Gasteiger partial charge in [-0.25, -0.2) is 0 Å². The van der Waals surface area contributed by atoms with Crippen molar-refractivity contribution in [3.05, 3.63) is 0 Å². The molecular formula is C14H28N2O2. The summed E-state index contributed by atoms with van der Waals surface area (Å²) in [5, 5.41) is 7.26. The van der Waals surface area contributed by atoms with Crippen LogP contribution >= 0.6 is 0 Å². The van der Waals surface area contributed by atoms with E-state index in [9.17, 15) is 0 Å². The lowest BCUT2D eigenvalue weighted by molar-refractivity contribution is -0.0642. The van der Waals surface area contributed by atoms with Gasteiger partial charge in [0.25, 0.3) is 0 Å². The van der Waals surface area contributed by atoms with Gasteiger partial charge in [0.05, 0.1) is 18.8 Å². The van der Waals surface area contributed by atoms with Crippen molar-refractivity contribution in [3.8, 4) is 0 Å². The van der Waals surface area contributed by atoms with Crippen molar-refractivity contribution in [2.75, 3.05) is 26.4 Å². The molecule has 0 saturated carbocycles. The van der Waals surface area contributed by atoms with Crippen LogP contribution in [0.2, 0.25) is 0 Å². The van der Waals surface area contributed by atoms with Gasteiger partial charge in [0.15, 0.2) is 0 Å². The Hall–Kier alpha value is -0.160. The molecule has 2 fully saturated rings. The minimum atomic E-state index is 0.0296. The first-order valence-corrected chi connectivity index (χ1v) is 7.26. The van der Waals surface area contributed by atoms with Crippen molar-refractivity contribution in [1.29, 1.82) is 0 Å². The molecule has 2 aliphatic heterocycles. The molecule has 2 N–H and O–H groups in total. The Morgan fingerprint density at radius 1 is 1.39 bits per heavy atom. The third-order valence-corrected chi connectivity index (χ3v) is 3.85. The van der Waals surface area contributed by atoms with Crippen molar-refractivity contribution < 1.29 is 9.47 Å². The lowest BCUT2D eigenvalue weighted by Crippen LogP contribution is -2.50. The second-order valence-electron chi connectivity index (χ2n) is 6.33. The molecule has 0 aliphatic carbocycles. The van der Waals surface area contributed by atoms with Crippen molar-refractivity contribution in [1.82, 2.24) is 10.6 Å².